The van der Waals surface area contributed by atoms with Crippen LogP contribution < -0.4 is 19.8 Å². The second kappa shape index (κ2) is 13.3. The molecule has 0 saturated carbocycles. The van der Waals surface area contributed by atoms with Crippen molar-refractivity contribution in [3.05, 3.63) is 89.3 Å². The molecule has 10 heteroatoms. The topological polar surface area (TPSA) is 117 Å². The molecule has 0 radical (unpaired) electrons. The molecule has 0 fully saturated rings. The molecule has 9 nitrogen and oxygen atoms in total. The molecule has 5 rings (SSSR count). The minimum Gasteiger partial charge on any atom is -0.494 e. The van der Waals surface area contributed by atoms with Crippen LogP contribution in [0.1, 0.15) is 13.8 Å². The Morgan fingerprint density at radius 2 is 1.39 bits per heavy atom. The number of benzene rings is 3. The number of aliphatic hydroxyl groups excluding tert-OH is 1. The number of rotatable bonds is 12. The van der Waals surface area contributed by atoms with Gasteiger partial charge in [-0.2, -0.15) is 0 Å². The Balaban J connectivity index is 1.31. The Bertz CT molecular complexity index is 1660. The highest BCUT2D eigenvalue weighted by atomic mass is 32.2. The molecule has 210 valence electrons. The third-order valence-electron chi connectivity index (χ3n) is 5.99. The maximum absolute atomic E-state index is 11.5. The van der Waals surface area contributed by atoms with Gasteiger partial charge in [-0.1, -0.05) is 11.8 Å². The molecule has 0 saturated heterocycles. The van der Waals surface area contributed by atoms with Crippen molar-refractivity contribution in [3.8, 4) is 39.8 Å². The highest BCUT2D eigenvalue weighted by Crippen LogP contribution is 2.32. The number of aromatic nitrogens is 3. The summed E-state index contributed by atoms with van der Waals surface area (Å²) < 4.78 is 22.1. The molecule has 2 heterocycles. The number of fused-ring (bicyclic) bond motifs is 1. The van der Waals surface area contributed by atoms with Gasteiger partial charge in [0.25, 0.3) is 0 Å². The van der Waals surface area contributed by atoms with Crippen LogP contribution in [0.15, 0.2) is 93.2 Å². The van der Waals surface area contributed by atoms with Crippen molar-refractivity contribution in [2.24, 2.45) is 0 Å². The van der Waals surface area contributed by atoms with Gasteiger partial charge in [0.05, 0.1) is 19.3 Å². The van der Waals surface area contributed by atoms with Crippen molar-refractivity contribution in [2.75, 3.05) is 25.6 Å². The fourth-order valence-corrected chi connectivity index (χ4v) is 4.75. The molecule has 0 aliphatic rings. The van der Waals surface area contributed by atoms with Gasteiger partial charge in [-0.15, -0.1) is 10.2 Å². The van der Waals surface area contributed by atoms with Crippen LogP contribution in [0.2, 0.25) is 0 Å². The fourth-order valence-electron chi connectivity index (χ4n) is 4.06. The van der Waals surface area contributed by atoms with Crippen LogP contribution in [0.25, 0.3) is 33.5 Å². The number of thioether (sulfide) groups is 1. The fraction of sp³-hybridized carbons (Fsp3) is 0.226. The van der Waals surface area contributed by atoms with Crippen molar-refractivity contribution in [2.45, 2.75) is 25.1 Å². The summed E-state index contributed by atoms with van der Waals surface area (Å²) in [6, 6.07) is 23.6. The lowest BCUT2D eigenvalue weighted by Crippen LogP contribution is -2.20. The van der Waals surface area contributed by atoms with Gasteiger partial charge >= 0.3 is 5.63 Å². The summed E-state index contributed by atoms with van der Waals surface area (Å²) in [5.74, 6) is 2.32. The lowest BCUT2D eigenvalue weighted by Gasteiger charge is -2.13. The Hall–Kier alpha value is -4.41. The predicted octanol–water partition coefficient (Wildman–Crippen LogP) is 5.64. The lowest BCUT2D eigenvalue weighted by atomic mass is 10.0. The maximum atomic E-state index is 11.5. The van der Waals surface area contributed by atoms with Crippen LogP contribution in [0.4, 0.5) is 0 Å². The van der Waals surface area contributed by atoms with Crippen LogP contribution in [0, 0.1) is 0 Å². The summed E-state index contributed by atoms with van der Waals surface area (Å²) in [5, 5.41) is 20.6. The standard InChI is InChI=1S/C31H29N3O6S/c1-3-37-24-11-6-21(7-12-24)29-30(22-8-13-25(14-9-22)38-4-2)33-34-31(32-29)41-19-23(35)18-39-26-15-5-20-10-16-28(36)40-27(20)17-26/h5-17,23,35H,3-4,18-19H2,1-2H3. The SMILES string of the molecule is CCOc1ccc(-c2nnc(SCC(O)COc3ccc4ccc(=O)oc4c3)nc2-c2ccc(OCC)cc2)cc1. The molecule has 0 aliphatic carbocycles. The van der Waals surface area contributed by atoms with Gasteiger partial charge in [-0.25, -0.2) is 9.78 Å². The average molecular weight is 572 g/mol. The summed E-state index contributed by atoms with van der Waals surface area (Å²) >= 11 is 1.28. The van der Waals surface area contributed by atoms with Crippen molar-refractivity contribution in [1.82, 2.24) is 15.2 Å². The van der Waals surface area contributed by atoms with E-state index in [2.05, 4.69) is 10.2 Å². The minimum absolute atomic E-state index is 0.0407. The number of ether oxygens (including phenoxy) is 3. The third-order valence-corrected chi connectivity index (χ3v) is 6.97. The molecule has 3 aromatic carbocycles. The van der Waals surface area contributed by atoms with Gasteiger partial charge in [0.2, 0.25) is 5.16 Å². The first-order chi connectivity index (χ1) is 20.0. The molecular weight excluding hydrogens is 542 g/mol. The quantitative estimate of drug-likeness (QED) is 0.149. The second-order valence-electron chi connectivity index (χ2n) is 8.94. The minimum atomic E-state index is -0.804. The molecule has 41 heavy (non-hydrogen) atoms. The smallest absolute Gasteiger partial charge is 0.336 e. The van der Waals surface area contributed by atoms with E-state index in [4.69, 9.17) is 23.6 Å². The Kier molecular flexibility index (Phi) is 9.12. The molecule has 1 unspecified atom stereocenters. The molecule has 1 atom stereocenters. The maximum Gasteiger partial charge on any atom is 0.336 e. The third kappa shape index (κ3) is 7.22. The van der Waals surface area contributed by atoms with Gasteiger partial charge in [0.1, 0.15) is 40.8 Å². The van der Waals surface area contributed by atoms with Crippen LogP contribution in [0.3, 0.4) is 0 Å². The van der Waals surface area contributed by atoms with Crippen LogP contribution in [0.5, 0.6) is 17.2 Å². The zero-order chi connectivity index (χ0) is 28.6. The van der Waals surface area contributed by atoms with E-state index < -0.39 is 11.7 Å². The van der Waals surface area contributed by atoms with Gasteiger partial charge in [-0.3, -0.25) is 0 Å². The zero-order valence-electron chi connectivity index (χ0n) is 22.6. The van der Waals surface area contributed by atoms with Crippen molar-refractivity contribution < 1.29 is 23.7 Å². The monoisotopic (exact) mass is 571 g/mol. The van der Waals surface area contributed by atoms with E-state index >= 15 is 0 Å². The van der Waals surface area contributed by atoms with Crippen LogP contribution in [-0.4, -0.2) is 52.0 Å². The normalized spacial score (nSPS) is 11.8. The number of hydrogen-bond acceptors (Lipinski definition) is 10. The Morgan fingerprint density at radius 1 is 0.780 bits per heavy atom. The van der Waals surface area contributed by atoms with Gasteiger partial charge in [-0.05, 0) is 80.6 Å². The first kappa shape index (κ1) is 28.1. The highest BCUT2D eigenvalue weighted by Gasteiger charge is 2.16. The number of nitrogens with zero attached hydrogens (tertiary/aromatic N) is 3. The Labute approximate surface area is 241 Å². The van der Waals surface area contributed by atoms with E-state index in [1.165, 1.54) is 17.8 Å². The van der Waals surface area contributed by atoms with E-state index in [9.17, 15) is 9.90 Å². The largest absolute Gasteiger partial charge is 0.494 e. The first-order valence-corrected chi connectivity index (χ1v) is 14.2. The van der Waals surface area contributed by atoms with Crippen molar-refractivity contribution in [3.63, 3.8) is 0 Å². The first-order valence-electron chi connectivity index (χ1n) is 13.2. The number of aliphatic hydroxyl groups is 1. The molecule has 0 bridgehead atoms. The summed E-state index contributed by atoms with van der Waals surface area (Å²) in [6.07, 6.45) is -0.804. The molecule has 2 aromatic heterocycles. The van der Waals surface area contributed by atoms with E-state index in [0.29, 0.717) is 41.1 Å². The average Bonchev–Trinajstić information content (AvgIpc) is 3.00. The Morgan fingerprint density at radius 3 is 2.05 bits per heavy atom. The van der Waals surface area contributed by atoms with Crippen molar-refractivity contribution in [1.29, 1.82) is 0 Å². The van der Waals surface area contributed by atoms with Gasteiger partial charge in [0.15, 0.2) is 0 Å². The molecular formula is C31H29N3O6S. The molecule has 5 aromatic rings. The van der Waals surface area contributed by atoms with Gasteiger partial charge in [0, 0.05) is 34.4 Å². The zero-order valence-corrected chi connectivity index (χ0v) is 23.5. The summed E-state index contributed by atoms with van der Waals surface area (Å²) in [4.78, 5) is 16.3. The highest BCUT2D eigenvalue weighted by molar-refractivity contribution is 7.99. The summed E-state index contributed by atoms with van der Waals surface area (Å²) in [6.45, 7) is 5.09. The lowest BCUT2D eigenvalue weighted by molar-refractivity contribution is 0.126. The summed E-state index contributed by atoms with van der Waals surface area (Å²) in [7, 11) is 0. The predicted molar refractivity (Wildman–Crippen MR) is 158 cm³/mol. The summed E-state index contributed by atoms with van der Waals surface area (Å²) in [5.41, 5.74) is 3.01. The molecule has 0 spiro atoms. The van der Waals surface area contributed by atoms with Crippen LogP contribution >= 0.6 is 11.8 Å². The van der Waals surface area contributed by atoms with Crippen molar-refractivity contribution >= 4 is 22.7 Å². The van der Waals surface area contributed by atoms with E-state index in [-0.39, 0.29) is 12.4 Å². The molecule has 0 amide bonds. The number of hydrogen-bond donors (Lipinski definition) is 1. The van der Waals surface area contributed by atoms with Crippen LogP contribution in [-0.2, 0) is 0 Å². The van der Waals surface area contributed by atoms with E-state index in [1.54, 1.807) is 24.3 Å². The molecule has 1 N–H and O–H groups in total. The van der Waals surface area contributed by atoms with Gasteiger partial charge < -0.3 is 23.7 Å². The second-order valence-corrected chi connectivity index (χ2v) is 9.92. The molecule has 0 aliphatic heterocycles. The van der Waals surface area contributed by atoms with E-state index in [0.717, 1.165) is 28.0 Å². The van der Waals surface area contributed by atoms with E-state index in [1.807, 2.05) is 62.4 Å².